The number of piperidine rings is 1. The largest absolute Gasteiger partial charge is 0.381 e. The van der Waals surface area contributed by atoms with E-state index in [1.54, 1.807) is 7.11 Å². The summed E-state index contributed by atoms with van der Waals surface area (Å²) in [6, 6.07) is 0. The number of methoxy groups -OCH3 is 1. The van der Waals surface area contributed by atoms with Gasteiger partial charge in [0, 0.05) is 20.2 Å². The molecule has 0 atom stereocenters. The molecule has 0 spiro atoms. The predicted molar refractivity (Wildman–Crippen MR) is 48.9 cm³/mol. The van der Waals surface area contributed by atoms with Crippen LogP contribution in [0.25, 0.3) is 0 Å². The van der Waals surface area contributed by atoms with Crippen molar-refractivity contribution in [3.8, 4) is 0 Å². The number of nitrogens with zero attached hydrogens (tertiary/aromatic N) is 1. The second kappa shape index (κ2) is 4.92. The predicted octanol–water partition coefficient (Wildman–Crippen LogP) is -1.39. The van der Waals surface area contributed by atoms with Gasteiger partial charge in [0.05, 0.1) is 6.10 Å². The highest BCUT2D eigenvalue weighted by atomic mass is 16.5. The summed E-state index contributed by atoms with van der Waals surface area (Å²) in [6.07, 6.45) is 1.72. The molecule has 6 heteroatoms. The third-order valence-electron chi connectivity index (χ3n) is 2.39. The van der Waals surface area contributed by atoms with Crippen molar-refractivity contribution in [1.82, 2.24) is 10.3 Å². The summed E-state index contributed by atoms with van der Waals surface area (Å²) in [5, 5.41) is 0. The summed E-state index contributed by atoms with van der Waals surface area (Å²) in [4.78, 5) is 23.7. The van der Waals surface area contributed by atoms with E-state index >= 15 is 0 Å². The number of nitrogens with one attached hydrogen (secondary N) is 1. The molecule has 1 rings (SSSR count). The van der Waals surface area contributed by atoms with Crippen LogP contribution in [0, 0.1) is 0 Å². The molecule has 0 saturated carbocycles. The summed E-state index contributed by atoms with van der Waals surface area (Å²) >= 11 is 0. The van der Waals surface area contributed by atoms with Crippen molar-refractivity contribution in [2.45, 2.75) is 18.9 Å². The van der Waals surface area contributed by atoms with E-state index in [-0.39, 0.29) is 6.10 Å². The Bertz CT molecular complexity index is 224. The number of amides is 2. The number of nitrogens with two attached hydrogens (primary N) is 1. The van der Waals surface area contributed by atoms with Crippen LogP contribution >= 0.6 is 0 Å². The van der Waals surface area contributed by atoms with E-state index in [1.807, 2.05) is 5.43 Å². The summed E-state index contributed by atoms with van der Waals surface area (Å²) in [5.74, 6) is 3.53. The Morgan fingerprint density at radius 1 is 1.43 bits per heavy atom. The lowest BCUT2D eigenvalue weighted by atomic mass is 10.1. The van der Waals surface area contributed by atoms with E-state index in [1.165, 1.54) is 4.90 Å². The van der Waals surface area contributed by atoms with Crippen LogP contribution in [0.1, 0.15) is 12.8 Å². The minimum Gasteiger partial charge on any atom is -0.381 e. The first-order valence-electron chi connectivity index (χ1n) is 4.51. The van der Waals surface area contributed by atoms with Gasteiger partial charge in [-0.15, -0.1) is 0 Å². The van der Waals surface area contributed by atoms with Crippen molar-refractivity contribution in [3.05, 3.63) is 0 Å². The van der Waals surface area contributed by atoms with Gasteiger partial charge in [-0.3, -0.25) is 15.0 Å². The highest BCUT2D eigenvalue weighted by Crippen LogP contribution is 2.12. The van der Waals surface area contributed by atoms with Crippen LogP contribution in [-0.4, -0.2) is 43.0 Å². The van der Waals surface area contributed by atoms with Crippen molar-refractivity contribution in [3.63, 3.8) is 0 Å². The molecule has 0 bridgehead atoms. The molecular formula is C8H15N3O3. The molecule has 3 N–H and O–H groups in total. The molecule has 1 fully saturated rings. The first kappa shape index (κ1) is 10.9. The average Bonchev–Trinajstić information content (AvgIpc) is 2.27. The number of hydrogen-bond donors (Lipinski definition) is 2. The highest BCUT2D eigenvalue weighted by molar-refractivity contribution is 6.34. The van der Waals surface area contributed by atoms with E-state index in [4.69, 9.17) is 10.6 Å². The van der Waals surface area contributed by atoms with Gasteiger partial charge >= 0.3 is 11.8 Å². The van der Waals surface area contributed by atoms with E-state index in [0.29, 0.717) is 13.1 Å². The van der Waals surface area contributed by atoms with Crippen molar-refractivity contribution in [2.75, 3.05) is 20.2 Å². The summed E-state index contributed by atoms with van der Waals surface area (Å²) in [7, 11) is 1.65. The molecule has 0 aromatic heterocycles. The Morgan fingerprint density at radius 2 is 2.00 bits per heavy atom. The van der Waals surface area contributed by atoms with Gasteiger partial charge in [0.25, 0.3) is 0 Å². The third kappa shape index (κ3) is 2.43. The van der Waals surface area contributed by atoms with E-state index in [0.717, 1.165) is 12.8 Å². The maximum Gasteiger partial charge on any atom is 0.323 e. The zero-order valence-electron chi connectivity index (χ0n) is 8.16. The van der Waals surface area contributed by atoms with Crippen LogP contribution in [0.3, 0.4) is 0 Å². The maximum atomic E-state index is 11.3. The van der Waals surface area contributed by atoms with Crippen LogP contribution in [0.2, 0.25) is 0 Å². The second-order valence-corrected chi connectivity index (χ2v) is 3.20. The van der Waals surface area contributed by atoms with Crippen molar-refractivity contribution in [1.29, 1.82) is 0 Å². The van der Waals surface area contributed by atoms with E-state index in [9.17, 15) is 9.59 Å². The summed E-state index contributed by atoms with van der Waals surface area (Å²) in [5.41, 5.74) is 1.83. The van der Waals surface area contributed by atoms with Crippen LogP contribution in [0.5, 0.6) is 0 Å². The fourth-order valence-corrected chi connectivity index (χ4v) is 1.50. The van der Waals surface area contributed by atoms with Crippen LogP contribution < -0.4 is 11.3 Å². The molecule has 0 unspecified atom stereocenters. The molecule has 1 saturated heterocycles. The fourth-order valence-electron chi connectivity index (χ4n) is 1.50. The van der Waals surface area contributed by atoms with Crippen LogP contribution in [0.4, 0.5) is 0 Å². The lowest BCUT2D eigenvalue weighted by molar-refractivity contribution is -0.147. The molecule has 1 aliphatic heterocycles. The zero-order chi connectivity index (χ0) is 10.6. The first-order chi connectivity index (χ1) is 6.69. The number of carbonyl (C=O) groups excluding carboxylic acids is 2. The lowest BCUT2D eigenvalue weighted by Crippen LogP contribution is -2.49. The van der Waals surface area contributed by atoms with Gasteiger partial charge in [-0.2, -0.15) is 0 Å². The van der Waals surface area contributed by atoms with Gasteiger partial charge in [0.15, 0.2) is 0 Å². The molecule has 6 nitrogen and oxygen atoms in total. The quantitative estimate of drug-likeness (QED) is 0.237. The molecule has 0 aromatic carbocycles. The Balaban J connectivity index is 2.41. The smallest absolute Gasteiger partial charge is 0.323 e. The number of carbonyl (C=O) groups is 2. The molecule has 0 aliphatic carbocycles. The third-order valence-corrected chi connectivity index (χ3v) is 2.39. The zero-order valence-corrected chi connectivity index (χ0v) is 8.16. The van der Waals surface area contributed by atoms with Gasteiger partial charge in [0.1, 0.15) is 0 Å². The Morgan fingerprint density at radius 3 is 2.43 bits per heavy atom. The number of ether oxygens (including phenoxy) is 1. The summed E-state index contributed by atoms with van der Waals surface area (Å²) < 4.78 is 5.14. The number of hydrogen-bond acceptors (Lipinski definition) is 4. The highest BCUT2D eigenvalue weighted by Gasteiger charge is 2.26. The Labute approximate surface area is 82.3 Å². The standard InChI is InChI=1S/C8H15N3O3/c1-14-6-2-4-11(5-3-6)8(13)7(12)10-9/h6H,2-5,9H2,1H3,(H,10,12). The van der Waals surface area contributed by atoms with Crippen molar-refractivity contribution >= 4 is 11.8 Å². The lowest BCUT2D eigenvalue weighted by Gasteiger charge is -2.30. The number of likely N-dealkylation sites (tertiary alicyclic amines) is 1. The van der Waals surface area contributed by atoms with Crippen LogP contribution in [0.15, 0.2) is 0 Å². The van der Waals surface area contributed by atoms with Gasteiger partial charge in [0.2, 0.25) is 0 Å². The monoisotopic (exact) mass is 201 g/mol. The maximum absolute atomic E-state index is 11.3. The molecule has 1 heterocycles. The minimum atomic E-state index is -0.763. The molecule has 0 radical (unpaired) electrons. The first-order valence-corrected chi connectivity index (χ1v) is 4.51. The summed E-state index contributed by atoms with van der Waals surface area (Å²) in [6.45, 7) is 1.09. The van der Waals surface area contributed by atoms with Gasteiger partial charge < -0.3 is 9.64 Å². The SMILES string of the molecule is COC1CCN(C(=O)C(=O)NN)CC1. The molecule has 1 aliphatic rings. The normalized spacial score (nSPS) is 18.0. The molecule has 14 heavy (non-hydrogen) atoms. The molecule has 0 aromatic rings. The molecule has 2 amide bonds. The molecule has 80 valence electrons. The second-order valence-electron chi connectivity index (χ2n) is 3.20. The average molecular weight is 201 g/mol. The Hall–Kier alpha value is -1.14. The fraction of sp³-hybridized carbons (Fsp3) is 0.750. The minimum absolute atomic E-state index is 0.194. The molecular weight excluding hydrogens is 186 g/mol. The number of hydrazine groups is 1. The number of rotatable bonds is 1. The van der Waals surface area contributed by atoms with Gasteiger partial charge in [-0.25, -0.2) is 5.84 Å². The van der Waals surface area contributed by atoms with Gasteiger partial charge in [-0.1, -0.05) is 0 Å². The topological polar surface area (TPSA) is 84.7 Å². The van der Waals surface area contributed by atoms with Crippen molar-refractivity contribution in [2.24, 2.45) is 5.84 Å². The van der Waals surface area contributed by atoms with Crippen molar-refractivity contribution < 1.29 is 14.3 Å². The van der Waals surface area contributed by atoms with E-state index in [2.05, 4.69) is 0 Å². The Kier molecular flexibility index (Phi) is 3.84. The van der Waals surface area contributed by atoms with Gasteiger partial charge in [-0.05, 0) is 12.8 Å². The van der Waals surface area contributed by atoms with Crippen LogP contribution in [-0.2, 0) is 14.3 Å². The van der Waals surface area contributed by atoms with E-state index < -0.39 is 11.8 Å².